The van der Waals surface area contributed by atoms with Crippen molar-refractivity contribution in [2.75, 3.05) is 0 Å². The van der Waals surface area contributed by atoms with Gasteiger partial charge in [0.25, 0.3) is 0 Å². The van der Waals surface area contributed by atoms with Gasteiger partial charge in [-0.2, -0.15) is 0 Å². The molecule has 0 heterocycles. The topological polar surface area (TPSA) is 0 Å². The molecule has 0 unspecified atom stereocenters. The Bertz CT molecular complexity index is 80.0. The maximum absolute atomic E-state index is 2.29. The van der Waals surface area contributed by atoms with Crippen LogP contribution in [0.4, 0.5) is 0 Å². The van der Waals surface area contributed by atoms with E-state index < -0.39 is 0 Å². The van der Waals surface area contributed by atoms with Gasteiger partial charge in [-0.25, -0.2) is 0 Å². The van der Waals surface area contributed by atoms with Gasteiger partial charge in [0.05, 0.1) is 0 Å². The first-order valence-corrected chi connectivity index (χ1v) is 4.38. The van der Waals surface area contributed by atoms with Crippen molar-refractivity contribution >= 4 is 0 Å². The van der Waals surface area contributed by atoms with E-state index in [0.717, 1.165) is 5.92 Å². The highest BCUT2D eigenvalue weighted by Gasteiger charge is 1.91. The molecule has 0 heteroatoms. The molecule has 0 fully saturated rings. The molecule has 0 aliphatic rings. The van der Waals surface area contributed by atoms with Gasteiger partial charge in [-0.1, -0.05) is 38.8 Å². The van der Waals surface area contributed by atoms with Crippen molar-refractivity contribution in [3.63, 3.8) is 0 Å². The van der Waals surface area contributed by atoms with E-state index in [1.54, 1.807) is 0 Å². The van der Waals surface area contributed by atoms with Crippen molar-refractivity contribution in [3.8, 4) is 0 Å². The molecule has 0 aromatic carbocycles. The quantitative estimate of drug-likeness (QED) is 0.402. The second-order valence-corrected chi connectivity index (χ2v) is 3.25. The van der Waals surface area contributed by atoms with Crippen LogP contribution in [-0.2, 0) is 0 Å². The summed E-state index contributed by atoms with van der Waals surface area (Å²) in [7, 11) is 0. The fraction of sp³-hybridized carbons (Fsp3) is 0.800. The Morgan fingerprint density at radius 3 is 2.40 bits per heavy atom. The van der Waals surface area contributed by atoms with Gasteiger partial charge < -0.3 is 0 Å². The highest BCUT2D eigenvalue weighted by atomic mass is 14.0. The Labute approximate surface area is 65.3 Å². The first kappa shape index (κ1) is 9.74. The van der Waals surface area contributed by atoms with E-state index in [9.17, 15) is 0 Å². The molecule has 0 rings (SSSR count). The zero-order chi connectivity index (χ0) is 7.82. The van der Waals surface area contributed by atoms with Gasteiger partial charge in [-0.15, -0.1) is 0 Å². The van der Waals surface area contributed by atoms with Gasteiger partial charge in [-0.05, 0) is 25.7 Å². The van der Waals surface area contributed by atoms with Crippen LogP contribution in [0, 0.1) is 5.92 Å². The summed E-state index contributed by atoms with van der Waals surface area (Å²) >= 11 is 0. The van der Waals surface area contributed by atoms with Crippen molar-refractivity contribution in [1.82, 2.24) is 0 Å². The second kappa shape index (κ2) is 6.85. The lowest BCUT2D eigenvalue weighted by Gasteiger charge is -2.01. The Hall–Kier alpha value is -0.260. The van der Waals surface area contributed by atoms with Crippen LogP contribution in [0.3, 0.4) is 0 Å². The Morgan fingerprint density at radius 1 is 1.20 bits per heavy atom. The minimum absolute atomic E-state index is 0.880. The third-order valence-electron chi connectivity index (χ3n) is 1.64. The van der Waals surface area contributed by atoms with Crippen molar-refractivity contribution in [3.05, 3.63) is 12.2 Å². The summed E-state index contributed by atoms with van der Waals surface area (Å²) < 4.78 is 0. The Kier molecular flexibility index (Phi) is 6.68. The fourth-order valence-electron chi connectivity index (χ4n) is 0.981. The lowest BCUT2D eigenvalue weighted by molar-refractivity contribution is 0.540. The second-order valence-electron chi connectivity index (χ2n) is 3.25. The third-order valence-corrected chi connectivity index (χ3v) is 1.64. The molecule has 0 amide bonds. The number of hydrogen-bond acceptors (Lipinski definition) is 0. The molecule has 60 valence electrons. The third kappa shape index (κ3) is 7.74. The van der Waals surface area contributed by atoms with Crippen molar-refractivity contribution in [2.45, 2.75) is 46.5 Å². The van der Waals surface area contributed by atoms with Crippen LogP contribution in [0.15, 0.2) is 12.2 Å². The molecule has 0 spiro atoms. The molecule has 0 atom stereocenters. The average Bonchev–Trinajstić information content (AvgIpc) is 1.87. The molecule has 0 aromatic rings. The Morgan fingerprint density at radius 2 is 1.90 bits per heavy atom. The van der Waals surface area contributed by atoms with E-state index in [2.05, 4.69) is 32.9 Å². The summed E-state index contributed by atoms with van der Waals surface area (Å²) in [5.41, 5.74) is 0. The molecule has 0 N–H and O–H groups in total. The molecule has 0 bridgehead atoms. The molecule has 0 aliphatic carbocycles. The molecule has 0 nitrogen and oxygen atoms in total. The first-order chi connectivity index (χ1) is 4.77. The monoisotopic (exact) mass is 140 g/mol. The predicted molar refractivity (Wildman–Crippen MR) is 48.1 cm³/mol. The minimum Gasteiger partial charge on any atom is -0.0917 e. The molecule has 0 saturated heterocycles. The highest BCUT2D eigenvalue weighted by Crippen LogP contribution is 2.07. The normalized spacial score (nSPS) is 11.6. The largest absolute Gasteiger partial charge is 0.0917 e. The van der Waals surface area contributed by atoms with Crippen LogP contribution < -0.4 is 0 Å². The summed E-state index contributed by atoms with van der Waals surface area (Å²) in [4.78, 5) is 0. The summed E-state index contributed by atoms with van der Waals surface area (Å²) in [6, 6.07) is 0. The lowest BCUT2D eigenvalue weighted by Crippen LogP contribution is -1.85. The molecular weight excluding hydrogens is 120 g/mol. The SMILES string of the molecule is CC=CCCCCC(C)C. The maximum Gasteiger partial charge on any atom is -0.0351 e. The van der Waals surface area contributed by atoms with E-state index >= 15 is 0 Å². The van der Waals surface area contributed by atoms with Crippen LogP contribution in [-0.4, -0.2) is 0 Å². The lowest BCUT2D eigenvalue weighted by atomic mass is 10.1. The van der Waals surface area contributed by atoms with Crippen molar-refractivity contribution < 1.29 is 0 Å². The Balaban J connectivity index is 2.91. The molecule has 0 saturated carbocycles. The van der Waals surface area contributed by atoms with Crippen LogP contribution >= 0.6 is 0 Å². The van der Waals surface area contributed by atoms with Gasteiger partial charge in [0.15, 0.2) is 0 Å². The summed E-state index contributed by atoms with van der Waals surface area (Å²) in [5.74, 6) is 0.880. The standard InChI is InChI=1S/C10H20/c1-4-5-6-7-8-9-10(2)3/h4-5,10H,6-9H2,1-3H3. The average molecular weight is 140 g/mol. The number of unbranched alkanes of at least 4 members (excludes halogenated alkanes) is 2. The summed E-state index contributed by atoms with van der Waals surface area (Å²) in [6.07, 6.45) is 9.79. The maximum atomic E-state index is 2.29. The van der Waals surface area contributed by atoms with E-state index in [-0.39, 0.29) is 0 Å². The highest BCUT2D eigenvalue weighted by molar-refractivity contribution is 4.76. The smallest absolute Gasteiger partial charge is 0.0351 e. The molecular formula is C10H20. The first-order valence-electron chi connectivity index (χ1n) is 4.38. The number of rotatable bonds is 5. The number of hydrogen-bond donors (Lipinski definition) is 0. The number of allylic oxidation sites excluding steroid dienone is 2. The minimum atomic E-state index is 0.880. The van der Waals surface area contributed by atoms with E-state index in [0.29, 0.717) is 0 Å². The molecule has 10 heavy (non-hydrogen) atoms. The van der Waals surface area contributed by atoms with Crippen LogP contribution in [0.5, 0.6) is 0 Å². The van der Waals surface area contributed by atoms with Gasteiger partial charge >= 0.3 is 0 Å². The molecule has 0 radical (unpaired) electrons. The van der Waals surface area contributed by atoms with E-state index in [1.165, 1.54) is 25.7 Å². The predicted octanol–water partition coefficient (Wildman–Crippen LogP) is 3.78. The summed E-state index contributed by atoms with van der Waals surface area (Å²) in [5, 5.41) is 0. The van der Waals surface area contributed by atoms with Crippen LogP contribution in [0.1, 0.15) is 46.5 Å². The van der Waals surface area contributed by atoms with Crippen molar-refractivity contribution in [2.24, 2.45) is 5.92 Å². The summed E-state index contributed by atoms with van der Waals surface area (Å²) in [6.45, 7) is 6.66. The zero-order valence-corrected chi connectivity index (χ0v) is 7.56. The van der Waals surface area contributed by atoms with E-state index in [4.69, 9.17) is 0 Å². The van der Waals surface area contributed by atoms with E-state index in [1.807, 2.05) is 0 Å². The zero-order valence-electron chi connectivity index (χ0n) is 7.56. The van der Waals surface area contributed by atoms with Gasteiger partial charge in [0.1, 0.15) is 0 Å². The van der Waals surface area contributed by atoms with Crippen LogP contribution in [0.25, 0.3) is 0 Å². The van der Waals surface area contributed by atoms with Gasteiger partial charge in [0, 0.05) is 0 Å². The van der Waals surface area contributed by atoms with Gasteiger partial charge in [-0.3, -0.25) is 0 Å². The van der Waals surface area contributed by atoms with Gasteiger partial charge in [0.2, 0.25) is 0 Å². The van der Waals surface area contributed by atoms with Crippen LogP contribution in [0.2, 0.25) is 0 Å². The molecule has 0 aliphatic heterocycles. The molecule has 0 aromatic heterocycles. The fourth-order valence-corrected chi connectivity index (χ4v) is 0.981. The van der Waals surface area contributed by atoms with Crippen molar-refractivity contribution in [1.29, 1.82) is 0 Å².